The Morgan fingerprint density at radius 1 is 1.33 bits per heavy atom. The van der Waals surface area contributed by atoms with Gasteiger partial charge in [-0.2, -0.15) is 0 Å². The fraction of sp³-hybridized carbons (Fsp3) is 0.462. The Labute approximate surface area is 110 Å². The molecular weight excluding hydrogens is 250 g/mol. The van der Waals surface area contributed by atoms with Crippen LogP contribution in [-0.4, -0.2) is 22.6 Å². The van der Waals surface area contributed by atoms with Gasteiger partial charge in [0.2, 0.25) is 0 Å². The number of imidazole rings is 1. The lowest BCUT2D eigenvalue weighted by molar-refractivity contribution is 0.461. The summed E-state index contributed by atoms with van der Waals surface area (Å²) >= 11 is 6.37. The third kappa shape index (κ3) is 1.76. The van der Waals surface area contributed by atoms with Crippen molar-refractivity contribution in [2.45, 2.75) is 18.8 Å². The Hall–Kier alpha value is -1.26. The van der Waals surface area contributed by atoms with Gasteiger partial charge in [-0.1, -0.05) is 11.6 Å². The van der Waals surface area contributed by atoms with Crippen LogP contribution in [0.25, 0.3) is 11.0 Å². The number of piperidine rings is 1. The van der Waals surface area contributed by atoms with Crippen LogP contribution in [0, 0.1) is 0 Å². The maximum atomic E-state index is 11.7. The van der Waals surface area contributed by atoms with Crippen molar-refractivity contribution < 1.29 is 0 Å². The lowest BCUT2D eigenvalue weighted by Crippen LogP contribution is -2.27. The zero-order valence-corrected chi connectivity index (χ0v) is 11.0. The number of hydrogen-bond donors (Lipinski definition) is 2. The first kappa shape index (κ1) is 11.8. The Morgan fingerprint density at radius 2 is 2.06 bits per heavy atom. The van der Waals surface area contributed by atoms with Crippen LogP contribution in [0.2, 0.25) is 5.02 Å². The molecule has 3 rings (SSSR count). The van der Waals surface area contributed by atoms with Gasteiger partial charge in [-0.05, 0) is 49.5 Å². The summed E-state index contributed by atoms with van der Waals surface area (Å²) in [5.74, 6) is 0.434. The number of hydrogen-bond acceptors (Lipinski definition) is 2. The number of aryl methyl sites for hydroxylation is 1. The molecule has 0 amide bonds. The Morgan fingerprint density at radius 3 is 2.78 bits per heavy atom. The highest BCUT2D eigenvalue weighted by Crippen LogP contribution is 2.35. The molecule has 18 heavy (non-hydrogen) atoms. The number of aromatic nitrogens is 2. The van der Waals surface area contributed by atoms with E-state index in [1.54, 1.807) is 11.6 Å². The fourth-order valence-corrected chi connectivity index (χ4v) is 3.15. The molecular formula is C13H16ClN3O. The van der Waals surface area contributed by atoms with Crippen LogP contribution < -0.4 is 11.0 Å². The average Bonchev–Trinajstić information content (AvgIpc) is 2.67. The van der Waals surface area contributed by atoms with Gasteiger partial charge in [0.25, 0.3) is 0 Å². The van der Waals surface area contributed by atoms with Crippen LogP contribution in [0.3, 0.4) is 0 Å². The number of rotatable bonds is 1. The SMILES string of the molecule is Cn1c(=O)[nH]c2ccc(Cl)c(C3CCNCC3)c21. The summed E-state index contributed by atoms with van der Waals surface area (Å²) in [6.07, 6.45) is 2.14. The summed E-state index contributed by atoms with van der Waals surface area (Å²) in [5, 5.41) is 4.12. The summed E-state index contributed by atoms with van der Waals surface area (Å²) in [6, 6.07) is 3.76. The van der Waals surface area contributed by atoms with Crippen molar-refractivity contribution in [3.8, 4) is 0 Å². The topological polar surface area (TPSA) is 49.8 Å². The van der Waals surface area contributed by atoms with Gasteiger partial charge >= 0.3 is 5.69 Å². The third-order valence-electron chi connectivity index (χ3n) is 3.79. The Bertz CT molecular complexity index is 637. The van der Waals surface area contributed by atoms with Crippen LogP contribution >= 0.6 is 11.6 Å². The van der Waals surface area contributed by atoms with E-state index >= 15 is 0 Å². The van der Waals surface area contributed by atoms with Crippen molar-refractivity contribution in [1.82, 2.24) is 14.9 Å². The first-order chi connectivity index (χ1) is 8.68. The largest absolute Gasteiger partial charge is 0.326 e. The second-order valence-electron chi connectivity index (χ2n) is 4.87. The zero-order valence-electron chi connectivity index (χ0n) is 10.3. The molecule has 2 N–H and O–H groups in total. The second-order valence-corrected chi connectivity index (χ2v) is 5.28. The molecule has 5 heteroatoms. The normalized spacial score (nSPS) is 17.4. The van der Waals surface area contributed by atoms with E-state index in [4.69, 9.17) is 11.6 Å². The van der Waals surface area contributed by atoms with Gasteiger partial charge in [0, 0.05) is 12.1 Å². The van der Waals surface area contributed by atoms with Crippen LogP contribution in [-0.2, 0) is 7.05 Å². The van der Waals surface area contributed by atoms with E-state index in [2.05, 4.69) is 10.3 Å². The average molecular weight is 266 g/mol. The van der Waals surface area contributed by atoms with Crippen molar-refractivity contribution in [2.24, 2.45) is 7.05 Å². The molecule has 1 aliphatic rings. The molecule has 1 saturated heterocycles. The van der Waals surface area contributed by atoms with Crippen molar-refractivity contribution in [3.63, 3.8) is 0 Å². The molecule has 0 saturated carbocycles. The highest BCUT2D eigenvalue weighted by atomic mass is 35.5. The molecule has 0 spiro atoms. The molecule has 0 unspecified atom stereocenters. The highest BCUT2D eigenvalue weighted by Gasteiger charge is 2.22. The van der Waals surface area contributed by atoms with E-state index in [1.807, 2.05) is 12.1 Å². The maximum Gasteiger partial charge on any atom is 0.326 e. The zero-order chi connectivity index (χ0) is 12.7. The summed E-state index contributed by atoms with van der Waals surface area (Å²) in [7, 11) is 1.79. The third-order valence-corrected chi connectivity index (χ3v) is 4.12. The molecule has 96 valence electrons. The van der Waals surface area contributed by atoms with Crippen LogP contribution in [0.15, 0.2) is 16.9 Å². The molecule has 0 bridgehead atoms. The number of halogens is 1. The minimum absolute atomic E-state index is 0.0811. The molecule has 1 fully saturated rings. The smallest absolute Gasteiger partial charge is 0.317 e. The molecule has 1 aromatic heterocycles. The van der Waals surface area contributed by atoms with Gasteiger partial charge in [0.1, 0.15) is 0 Å². The van der Waals surface area contributed by atoms with Gasteiger partial charge in [-0.15, -0.1) is 0 Å². The van der Waals surface area contributed by atoms with Crippen molar-refractivity contribution in [1.29, 1.82) is 0 Å². The van der Waals surface area contributed by atoms with E-state index in [-0.39, 0.29) is 5.69 Å². The van der Waals surface area contributed by atoms with Gasteiger partial charge in [-0.25, -0.2) is 4.79 Å². The van der Waals surface area contributed by atoms with Crippen LogP contribution in [0.5, 0.6) is 0 Å². The summed E-state index contributed by atoms with van der Waals surface area (Å²) < 4.78 is 1.67. The molecule has 4 nitrogen and oxygen atoms in total. The lowest BCUT2D eigenvalue weighted by Gasteiger charge is -2.24. The molecule has 1 aromatic carbocycles. The summed E-state index contributed by atoms with van der Waals surface area (Å²) in [4.78, 5) is 14.6. The van der Waals surface area contributed by atoms with E-state index in [9.17, 15) is 4.79 Å². The first-order valence-electron chi connectivity index (χ1n) is 6.26. The molecule has 1 aliphatic heterocycles. The van der Waals surface area contributed by atoms with Gasteiger partial charge in [0.15, 0.2) is 0 Å². The van der Waals surface area contributed by atoms with E-state index in [0.29, 0.717) is 5.92 Å². The minimum atomic E-state index is -0.0811. The number of nitrogens with zero attached hydrogens (tertiary/aromatic N) is 1. The summed E-state index contributed by atoms with van der Waals surface area (Å²) in [6.45, 7) is 2.02. The second kappa shape index (κ2) is 4.44. The number of fused-ring (bicyclic) bond motifs is 1. The first-order valence-corrected chi connectivity index (χ1v) is 6.64. The quantitative estimate of drug-likeness (QED) is 0.829. The number of benzene rings is 1. The predicted octanol–water partition coefficient (Wildman–Crippen LogP) is 1.99. The van der Waals surface area contributed by atoms with Crippen molar-refractivity contribution >= 4 is 22.6 Å². The molecule has 2 aromatic rings. The summed E-state index contributed by atoms with van der Waals surface area (Å²) in [5.41, 5.74) is 2.87. The highest BCUT2D eigenvalue weighted by molar-refractivity contribution is 6.32. The number of nitrogens with one attached hydrogen (secondary N) is 2. The Balaban J connectivity index is 2.25. The van der Waals surface area contributed by atoms with Crippen LogP contribution in [0.4, 0.5) is 0 Å². The maximum absolute atomic E-state index is 11.7. The van der Waals surface area contributed by atoms with Crippen LogP contribution in [0.1, 0.15) is 24.3 Å². The molecule has 0 atom stereocenters. The van der Waals surface area contributed by atoms with Crippen molar-refractivity contribution in [3.05, 3.63) is 33.2 Å². The number of H-pyrrole nitrogens is 1. The minimum Gasteiger partial charge on any atom is -0.317 e. The van der Waals surface area contributed by atoms with E-state index in [0.717, 1.165) is 47.6 Å². The van der Waals surface area contributed by atoms with E-state index < -0.39 is 0 Å². The lowest BCUT2D eigenvalue weighted by atomic mass is 9.89. The molecule has 0 radical (unpaired) electrons. The fourth-order valence-electron chi connectivity index (χ4n) is 2.85. The van der Waals surface area contributed by atoms with Gasteiger partial charge in [0.05, 0.1) is 11.0 Å². The monoisotopic (exact) mass is 265 g/mol. The molecule has 0 aliphatic carbocycles. The van der Waals surface area contributed by atoms with Crippen molar-refractivity contribution in [2.75, 3.05) is 13.1 Å². The van der Waals surface area contributed by atoms with E-state index in [1.165, 1.54) is 0 Å². The van der Waals surface area contributed by atoms with Gasteiger partial charge in [-0.3, -0.25) is 4.57 Å². The van der Waals surface area contributed by atoms with Gasteiger partial charge < -0.3 is 10.3 Å². The predicted molar refractivity (Wildman–Crippen MR) is 73.4 cm³/mol. The standard InChI is InChI=1S/C13H16ClN3O/c1-17-12-10(16-13(17)18)3-2-9(14)11(12)8-4-6-15-7-5-8/h2-3,8,15H,4-7H2,1H3,(H,16,18). The molecule has 2 heterocycles. The Kier molecular flexibility index (Phi) is 2.92. The number of aromatic amines is 1.